The first-order chi connectivity index (χ1) is 11.0. The summed E-state index contributed by atoms with van der Waals surface area (Å²) in [6.07, 6.45) is -0.188. The number of amides is 2. The van der Waals surface area contributed by atoms with E-state index in [1.54, 1.807) is 29.2 Å². The third-order valence-corrected chi connectivity index (χ3v) is 4.46. The molecule has 0 saturated carbocycles. The van der Waals surface area contributed by atoms with Gasteiger partial charge in [0.1, 0.15) is 11.9 Å². The van der Waals surface area contributed by atoms with Crippen LogP contribution in [0.1, 0.15) is 19.3 Å². The highest BCUT2D eigenvalue weighted by Crippen LogP contribution is 2.24. The second-order valence-electron chi connectivity index (χ2n) is 5.90. The number of halogens is 2. The van der Waals surface area contributed by atoms with Crippen molar-refractivity contribution in [3.63, 3.8) is 0 Å². The van der Waals surface area contributed by atoms with Crippen LogP contribution in [0.2, 0.25) is 5.02 Å². The Kier molecular flexibility index (Phi) is 4.71. The Balaban J connectivity index is 1.65. The van der Waals surface area contributed by atoms with Crippen LogP contribution in [0.4, 0.5) is 9.18 Å². The Bertz CT molecular complexity index is 595. The lowest BCUT2D eigenvalue weighted by atomic mass is 10.0. The van der Waals surface area contributed by atoms with Crippen molar-refractivity contribution in [2.75, 3.05) is 19.6 Å². The third-order valence-electron chi connectivity index (χ3n) is 4.21. The number of ether oxygens (including phenoxy) is 1. The lowest BCUT2D eigenvalue weighted by Crippen LogP contribution is -2.54. The minimum atomic E-state index is -1.15. The Morgan fingerprint density at radius 1 is 1.26 bits per heavy atom. The molecular weight excluding hydrogens is 323 g/mol. The van der Waals surface area contributed by atoms with Gasteiger partial charge >= 0.3 is 6.09 Å². The van der Waals surface area contributed by atoms with Gasteiger partial charge in [-0.1, -0.05) is 11.6 Å². The van der Waals surface area contributed by atoms with Crippen molar-refractivity contribution in [1.82, 2.24) is 9.80 Å². The zero-order valence-electron chi connectivity index (χ0n) is 12.6. The van der Waals surface area contributed by atoms with Crippen LogP contribution in [0.25, 0.3) is 0 Å². The molecule has 2 amide bonds. The molecule has 2 aliphatic heterocycles. The maximum Gasteiger partial charge on any atom is 0.415 e. The van der Waals surface area contributed by atoms with Crippen molar-refractivity contribution in [2.24, 2.45) is 0 Å². The number of piperidine rings is 1. The van der Waals surface area contributed by atoms with Crippen LogP contribution in [0.15, 0.2) is 24.3 Å². The second kappa shape index (κ2) is 6.74. The smallest absolute Gasteiger partial charge is 0.410 e. The Morgan fingerprint density at radius 3 is 2.65 bits per heavy atom. The summed E-state index contributed by atoms with van der Waals surface area (Å²) in [6.45, 7) is 0.930. The second-order valence-corrected chi connectivity index (χ2v) is 6.34. The number of nitrogens with zero attached hydrogens (tertiary/aromatic N) is 2. The summed E-state index contributed by atoms with van der Waals surface area (Å²) in [7, 11) is 0. The lowest BCUT2D eigenvalue weighted by Gasteiger charge is -2.38. The summed E-state index contributed by atoms with van der Waals surface area (Å²) in [5, 5.41) is 0.541. The first kappa shape index (κ1) is 16.1. The highest BCUT2D eigenvalue weighted by atomic mass is 35.5. The van der Waals surface area contributed by atoms with Crippen molar-refractivity contribution in [3.8, 4) is 5.75 Å². The van der Waals surface area contributed by atoms with Gasteiger partial charge in [-0.15, -0.1) is 0 Å². The normalized spacial score (nSPS) is 24.9. The molecule has 23 heavy (non-hydrogen) atoms. The molecule has 0 N–H and O–H groups in total. The van der Waals surface area contributed by atoms with E-state index < -0.39 is 12.3 Å². The monoisotopic (exact) mass is 340 g/mol. The SMILES string of the molecule is O=C(Oc1ccc(Cl)cc1)N1C[C@@H](F)C[C@@H](N2CCCC2=O)C1. The minimum Gasteiger partial charge on any atom is -0.410 e. The predicted octanol–water partition coefficient (Wildman–Crippen LogP) is 2.87. The fraction of sp³-hybridized carbons (Fsp3) is 0.500. The summed E-state index contributed by atoms with van der Waals surface area (Å²) in [5.41, 5.74) is 0. The number of hydrogen-bond acceptors (Lipinski definition) is 3. The van der Waals surface area contributed by atoms with Gasteiger partial charge in [0.05, 0.1) is 12.6 Å². The van der Waals surface area contributed by atoms with Gasteiger partial charge in [-0.2, -0.15) is 0 Å². The number of likely N-dealkylation sites (tertiary alicyclic amines) is 2. The van der Waals surface area contributed by atoms with Gasteiger partial charge in [-0.25, -0.2) is 9.18 Å². The van der Waals surface area contributed by atoms with Gasteiger partial charge < -0.3 is 14.5 Å². The molecule has 0 bridgehead atoms. The van der Waals surface area contributed by atoms with Gasteiger partial charge in [0.15, 0.2) is 0 Å². The van der Waals surface area contributed by atoms with E-state index in [2.05, 4.69) is 0 Å². The molecule has 2 atom stereocenters. The lowest BCUT2D eigenvalue weighted by molar-refractivity contribution is -0.131. The topological polar surface area (TPSA) is 49.9 Å². The minimum absolute atomic E-state index is 0.00897. The number of hydrogen-bond donors (Lipinski definition) is 0. The summed E-state index contributed by atoms with van der Waals surface area (Å²) in [4.78, 5) is 27.1. The number of rotatable bonds is 2. The maximum absolute atomic E-state index is 14.0. The molecule has 2 aliphatic rings. The molecular formula is C16H18ClFN2O3. The zero-order valence-corrected chi connectivity index (χ0v) is 13.3. The molecule has 1 aromatic carbocycles. The van der Waals surface area contributed by atoms with Gasteiger partial charge in [-0.3, -0.25) is 4.79 Å². The number of alkyl halides is 1. The average molecular weight is 341 g/mol. The van der Waals surface area contributed by atoms with E-state index in [9.17, 15) is 14.0 Å². The van der Waals surface area contributed by atoms with Gasteiger partial charge in [0.2, 0.25) is 5.91 Å². The van der Waals surface area contributed by atoms with E-state index >= 15 is 0 Å². The van der Waals surface area contributed by atoms with E-state index in [0.29, 0.717) is 30.3 Å². The van der Waals surface area contributed by atoms with Gasteiger partial charge in [-0.05, 0) is 30.7 Å². The van der Waals surface area contributed by atoms with Crippen LogP contribution >= 0.6 is 11.6 Å². The van der Waals surface area contributed by atoms with Crippen molar-refractivity contribution in [1.29, 1.82) is 0 Å². The molecule has 2 saturated heterocycles. The fourth-order valence-electron chi connectivity index (χ4n) is 3.11. The molecule has 2 fully saturated rings. The zero-order chi connectivity index (χ0) is 16.4. The van der Waals surface area contributed by atoms with Gasteiger partial charge in [0, 0.05) is 31.0 Å². The molecule has 2 heterocycles. The van der Waals surface area contributed by atoms with Crippen LogP contribution < -0.4 is 4.74 Å². The van der Waals surface area contributed by atoms with Crippen LogP contribution in [-0.2, 0) is 4.79 Å². The number of carbonyl (C=O) groups is 2. The van der Waals surface area contributed by atoms with Crippen molar-refractivity contribution >= 4 is 23.6 Å². The van der Waals surface area contributed by atoms with Crippen molar-refractivity contribution in [2.45, 2.75) is 31.5 Å². The van der Waals surface area contributed by atoms with E-state index in [-0.39, 0.29) is 24.9 Å². The van der Waals surface area contributed by atoms with Crippen molar-refractivity contribution in [3.05, 3.63) is 29.3 Å². The molecule has 3 rings (SSSR count). The van der Waals surface area contributed by atoms with Crippen LogP contribution in [0, 0.1) is 0 Å². The molecule has 1 aromatic rings. The van der Waals surface area contributed by atoms with Crippen LogP contribution in [0.5, 0.6) is 5.75 Å². The van der Waals surface area contributed by atoms with Gasteiger partial charge in [0.25, 0.3) is 0 Å². The Labute approximate surface area is 138 Å². The first-order valence-electron chi connectivity index (χ1n) is 7.69. The highest BCUT2D eigenvalue weighted by Gasteiger charge is 2.37. The molecule has 124 valence electrons. The van der Waals surface area contributed by atoms with E-state index in [1.807, 2.05) is 0 Å². The number of benzene rings is 1. The molecule has 0 radical (unpaired) electrons. The molecule has 0 aromatic heterocycles. The Morgan fingerprint density at radius 2 is 2.00 bits per heavy atom. The molecule has 5 nitrogen and oxygen atoms in total. The largest absolute Gasteiger partial charge is 0.415 e. The van der Waals surface area contributed by atoms with E-state index in [0.717, 1.165) is 6.42 Å². The fourth-order valence-corrected chi connectivity index (χ4v) is 3.24. The molecule has 7 heteroatoms. The maximum atomic E-state index is 14.0. The summed E-state index contributed by atoms with van der Waals surface area (Å²) in [6, 6.07) is 6.12. The standard InChI is InChI=1S/C16H18ClFN2O3/c17-11-3-5-14(6-4-11)23-16(22)19-9-12(18)8-13(10-19)20-7-1-2-15(20)21/h3-6,12-13H,1-2,7-10H2/t12-,13+/m0/s1. The Hall–Kier alpha value is -1.82. The molecule has 0 aliphatic carbocycles. The van der Waals surface area contributed by atoms with E-state index in [1.165, 1.54) is 4.90 Å². The van der Waals surface area contributed by atoms with Crippen molar-refractivity contribution < 1.29 is 18.7 Å². The quantitative estimate of drug-likeness (QED) is 0.831. The average Bonchev–Trinajstić information content (AvgIpc) is 2.95. The van der Waals surface area contributed by atoms with Crippen LogP contribution in [0.3, 0.4) is 0 Å². The summed E-state index contributed by atoms with van der Waals surface area (Å²) >= 11 is 5.78. The molecule has 0 spiro atoms. The third kappa shape index (κ3) is 3.75. The molecule has 0 unspecified atom stereocenters. The summed E-state index contributed by atoms with van der Waals surface area (Å²) in [5.74, 6) is 0.393. The summed E-state index contributed by atoms with van der Waals surface area (Å²) < 4.78 is 19.3. The first-order valence-corrected chi connectivity index (χ1v) is 8.06. The number of carbonyl (C=O) groups excluding carboxylic acids is 2. The van der Waals surface area contributed by atoms with Crippen LogP contribution in [-0.4, -0.2) is 53.6 Å². The van der Waals surface area contributed by atoms with E-state index in [4.69, 9.17) is 16.3 Å². The predicted molar refractivity (Wildman–Crippen MR) is 83.3 cm³/mol. The highest BCUT2D eigenvalue weighted by molar-refractivity contribution is 6.30.